The molecule has 0 radical (unpaired) electrons. The summed E-state index contributed by atoms with van der Waals surface area (Å²) in [5, 5.41) is 0. The quantitative estimate of drug-likeness (QED) is 0.181. The number of halogens is 1. The Hall–Kier alpha value is -2.27. The molecule has 0 aromatic heterocycles. The lowest BCUT2D eigenvalue weighted by Gasteiger charge is -2.28. The van der Waals surface area contributed by atoms with Crippen LogP contribution in [0.2, 0.25) is 0 Å². The molecule has 26 heavy (non-hydrogen) atoms. The number of carbonyl (C=O) groups excluding carboxylic acids is 2. The third-order valence-corrected chi connectivity index (χ3v) is 4.61. The van der Waals surface area contributed by atoms with Crippen LogP contribution in [0.4, 0.5) is 0 Å². The molecule has 0 amide bonds. The van der Waals surface area contributed by atoms with Crippen LogP contribution < -0.4 is 0 Å². The second-order valence-corrected chi connectivity index (χ2v) is 6.85. The van der Waals surface area contributed by atoms with Crippen LogP contribution in [-0.4, -0.2) is 51.0 Å². The molecule has 0 atom stereocenters. The lowest BCUT2D eigenvalue weighted by atomic mass is 9.81. The first-order chi connectivity index (χ1) is 12.2. The zero-order valence-electron chi connectivity index (χ0n) is 16.1. The Kier molecular flexibility index (Phi) is 7.90. The minimum Gasteiger partial charge on any atom is -0.465 e. The van der Waals surface area contributed by atoms with E-state index in [9.17, 15) is 9.59 Å². The molecule has 0 fully saturated rings. The van der Waals surface area contributed by atoms with Crippen LogP contribution in [-0.2, 0) is 19.1 Å². The maximum atomic E-state index is 12.2. The van der Waals surface area contributed by atoms with Crippen LogP contribution in [0, 0.1) is 5.41 Å². The molecule has 1 rings (SSSR count). The number of alkyl halides is 1. The van der Waals surface area contributed by atoms with Crippen molar-refractivity contribution in [2.24, 2.45) is 5.41 Å². The lowest BCUT2D eigenvalue weighted by molar-refractivity contribution is -0.144. The second-order valence-electron chi connectivity index (χ2n) is 6.58. The Bertz CT molecular complexity index is 688. The summed E-state index contributed by atoms with van der Waals surface area (Å²) in [7, 11) is 5.94. The van der Waals surface area contributed by atoms with Crippen molar-refractivity contribution in [3.8, 4) is 0 Å². The zero-order valence-corrected chi connectivity index (χ0v) is 16.9. The smallest absolute Gasteiger partial charge is 0.347 e. The van der Waals surface area contributed by atoms with Gasteiger partial charge in [0.15, 0.2) is 5.57 Å². The molecule has 1 aromatic carbocycles. The Morgan fingerprint density at radius 1 is 1.08 bits per heavy atom. The van der Waals surface area contributed by atoms with E-state index in [0.29, 0.717) is 11.6 Å². The van der Waals surface area contributed by atoms with Gasteiger partial charge in [-0.1, -0.05) is 44.2 Å². The first kappa shape index (κ1) is 21.8. The van der Waals surface area contributed by atoms with Gasteiger partial charge >= 0.3 is 11.9 Å². The van der Waals surface area contributed by atoms with Crippen molar-refractivity contribution in [3.05, 3.63) is 53.2 Å². The third-order valence-electron chi connectivity index (χ3n) is 3.95. The van der Waals surface area contributed by atoms with Crippen LogP contribution in [0.25, 0.3) is 5.57 Å². The highest BCUT2D eigenvalue weighted by Crippen LogP contribution is 2.37. The van der Waals surface area contributed by atoms with Gasteiger partial charge in [-0.2, -0.15) is 0 Å². The number of hydrogen-bond acceptors (Lipinski definition) is 5. The van der Waals surface area contributed by atoms with Gasteiger partial charge in [0.05, 0.1) is 19.9 Å². The molecule has 0 heterocycles. The minimum absolute atomic E-state index is 0.168. The van der Waals surface area contributed by atoms with Gasteiger partial charge in [0.2, 0.25) is 0 Å². The average Bonchev–Trinajstić information content (AvgIpc) is 2.64. The molecule has 5 nitrogen and oxygen atoms in total. The molecule has 0 saturated heterocycles. The van der Waals surface area contributed by atoms with E-state index in [2.05, 4.69) is 0 Å². The van der Waals surface area contributed by atoms with E-state index in [1.807, 2.05) is 44.2 Å². The summed E-state index contributed by atoms with van der Waals surface area (Å²) < 4.78 is 9.57. The molecule has 0 unspecified atom stereocenters. The first-order valence-corrected chi connectivity index (χ1v) is 8.64. The fourth-order valence-electron chi connectivity index (χ4n) is 2.42. The molecule has 0 N–H and O–H groups in total. The number of esters is 2. The van der Waals surface area contributed by atoms with E-state index in [0.717, 1.165) is 11.1 Å². The summed E-state index contributed by atoms with van der Waals surface area (Å²) in [6, 6.07) is 9.70. The number of rotatable bonds is 7. The van der Waals surface area contributed by atoms with Crippen molar-refractivity contribution in [3.63, 3.8) is 0 Å². The van der Waals surface area contributed by atoms with Gasteiger partial charge in [0.25, 0.3) is 0 Å². The highest BCUT2D eigenvalue weighted by atomic mass is 35.5. The van der Waals surface area contributed by atoms with E-state index < -0.39 is 17.4 Å². The molecule has 0 bridgehead atoms. The maximum absolute atomic E-state index is 12.2. The summed E-state index contributed by atoms with van der Waals surface area (Å²) in [6.07, 6.45) is 1.79. The Labute approximate surface area is 160 Å². The van der Waals surface area contributed by atoms with E-state index in [-0.39, 0.29) is 5.57 Å². The van der Waals surface area contributed by atoms with Gasteiger partial charge < -0.3 is 14.4 Å². The molecule has 0 aliphatic rings. The number of benzene rings is 1. The molecular formula is C20H26ClNO4. The normalized spacial score (nSPS) is 11.6. The van der Waals surface area contributed by atoms with Gasteiger partial charge in [-0.25, -0.2) is 9.59 Å². The summed E-state index contributed by atoms with van der Waals surface area (Å²) in [6.45, 7) is 4.00. The SMILES string of the molecule is COC(=O)C(C(=O)OC)=C(/C=C(/c1ccccc1)C(C)(C)CCl)N(C)C. The van der Waals surface area contributed by atoms with E-state index in [1.54, 1.807) is 25.1 Å². The minimum atomic E-state index is -0.757. The van der Waals surface area contributed by atoms with E-state index in [1.165, 1.54) is 14.2 Å². The Morgan fingerprint density at radius 3 is 1.96 bits per heavy atom. The van der Waals surface area contributed by atoms with Crippen LogP contribution in [0.15, 0.2) is 47.7 Å². The molecule has 0 aliphatic heterocycles. The van der Waals surface area contributed by atoms with Gasteiger partial charge in [0, 0.05) is 25.4 Å². The van der Waals surface area contributed by atoms with Crippen molar-refractivity contribution in [1.29, 1.82) is 0 Å². The van der Waals surface area contributed by atoms with Crippen molar-refractivity contribution in [1.82, 2.24) is 4.90 Å². The fraction of sp³-hybridized carbons (Fsp3) is 0.400. The largest absolute Gasteiger partial charge is 0.465 e. The standard InChI is InChI=1S/C20H26ClNO4/c1-20(2,13-21)15(14-10-8-7-9-11-14)12-16(22(3)4)17(18(23)25-5)19(24)26-6/h7-12H,13H2,1-6H3/b15-12-. The van der Waals surface area contributed by atoms with Crippen molar-refractivity contribution < 1.29 is 19.1 Å². The molecular weight excluding hydrogens is 354 g/mol. The summed E-state index contributed by atoms with van der Waals surface area (Å²) in [5.74, 6) is -1.15. The highest BCUT2D eigenvalue weighted by molar-refractivity contribution is 6.19. The predicted molar refractivity (Wildman–Crippen MR) is 104 cm³/mol. The fourth-order valence-corrected chi connectivity index (χ4v) is 2.56. The van der Waals surface area contributed by atoms with E-state index >= 15 is 0 Å². The summed E-state index contributed by atoms with van der Waals surface area (Å²) >= 11 is 6.21. The topological polar surface area (TPSA) is 55.8 Å². The number of ether oxygens (including phenoxy) is 2. The number of carbonyl (C=O) groups is 2. The maximum Gasteiger partial charge on any atom is 0.347 e. The first-order valence-electron chi connectivity index (χ1n) is 8.11. The predicted octanol–water partition coefficient (Wildman–Crippen LogP) is 3.50. The average molecular weight is 380 g/mol. The molecule has 0 spiro atoms. The van der Waals surface area contributed by atoms with E-state index in [4.69, 9.17) is 21.1 Å². The van der Waals surface area contributed by atoms with Crippen LogP contribution in [0.1, 0.15) is 19.4 Å². The Morgan fingerprint density at radius 2 is 1.58 bits per heavy atom. The van der Waals surface area contributed by atoms with Crippen LogP contribution in [0.3, 0.4) is 0 Å². The molecule has 0 aliphatic carbocycles. The lowest BCUT2D eigenvalue weighted by Crippen LogP contribution is -2.25. The van der Waals surface area contributed by atoms with Gasteiger partial charge in [-0.15, -0.1) is 11.6 Å². The molecule has 142 valence electrons. The van der Waals surface area contributed by atoms with Crippen LogP contribution in [0.5, 0.6) is 0 Å². The van der Waals surface area contributed by atoms with Gasteiger partial charge in [-0.05, 0) is 17.2 Å². The third kappa shape index (κ3) is 5.11. The van der Waals surface area contributed by atoms with Crippen LogP contribution >= 0.6 is 11.6 Å². The summed E-state index contributed by atoms with van der Waals surface area (Å²) in [4.78, 5) is 26.1. The second kappa shape index (κ2) is 9.43. The van der Waals surface area contributed by atoms with Gasteiger partial charge in [0.1, 0.15) is 0 Å². The van der Waals surface area contributed by atoms with Gasteiger partial charge in [-0.3, -0.25) is 0 Å². The number of nitrogens with zero attached hydrogens (tertiary/aromatic N) is 1. The number of hydrogen-bond donors (Lipinski definition) is 0. The monoisotopic (exact) mass is 379 g/mol. The number of likely N-dealkylation sites (N-methyl/N-ethyl adjacent to an activating group) is 1. The Balaban J connectivity index is 3.79. The summed E-state index contributed by atoms with van der Waals surface area (Å²) in [5.41, 5.74) is 1.66. The highest BCUT2D eigenvalue weighted by Gasteiger charge is 2.29. The van der Waals surface area contributed by atoms with Crippen molar-refractivity contribution in [2.45, 2.75) is 13.8 Å². The number of allylic oxidation sites excluding steroid dienone is 2. The molecule has 1 aromatic rings. The number of methoxy groups -OCH3 is 2. The van der Waals surface area contributed by atoms with Crippen molar-refractivity contribution in [2.75, 3.05) is 34.2 Å². The van der Waals surface area contributed by atoms with Crippen molar-refractivity contribution >= 4 is 29.1 Å². The zero-order chi connectivity index (χ0) is 19.9. The molecule has 0 saturated carbocycles. The molecule has 6 heteroatoms.